The van der Waals surface area contributed by atoms with Gasteiger partial charge < -0.3 is 10.5 Å². The molecule has 3 heteroatoms. The van der Waals surface area contributed by atoms with Gasteiger partial charge in [0.2, 0.25) is 0 Å². The summed E-state index contributed by atoms with van der Waals surface area (Å²) < 4.78 is 18.3. The highest BCUT2D eigenvalue weighted by Crippen LogP contribution is 2.21. The Morgan fingerprint density at radius 3 is 2.76 bits per heavy atom. The van der Waals surface area contributed by atoms with Crippen molar-refractivity contribution < 1.29 is 9.13 Å². The molecular formula is C14H20FNO. The van der Waals surface area contributed by atoms with E-state index in [4.69, 9.17) is 10.5 Å². The molecule has 0 aliphatic carbocycles. The number of halogens is 1. The fourth-order valence-corrected chi connectivity index (χ4v) is 2.31. The minimum atomic E-state index is -0.208. The highest BCUT2D eigenvalue weighted by atomic mass is 19.1. The van der Waals surface area contributed by atoms with E-state index in [1.807, 2.05) is 0 Å². The maximum Gasteiger partial charge on any atom is 0.123 e. The quantitative estimate of drug-likeness (QED) is 0.853. The van der Waals surface area contributed by atoms with Crippen LogP contribution in [0, 0.1) is 5.82 Å². The Balaban J connectivity index is 1.72. The largest absolute Gasteiger partial charge is 0.378 e. The van der Waals surface area contributed by atoms with E-state index in [1.165, 1.54) is 25.0 Å². The SMILES string of the molecule is NC(CCCC1CCCO1)c1ccc(F)cc1. The Morgan fingerprint density at radius 2 is 2.12 bits per heavy atom. The first-order chi connectivity index (χ1) is 8.25. The van der Waals surface area contributed by atoms with Crippen LogP contribution in [0.3, 0.4) is 0 Å². The first kappa shape index (κ1) is 12.5. The summed E-state index contributed by atoms with van der Waals surface area (Å²) in [7, 11) is 0. The first-order valence-electron chi connectivity index (χ1n) is 6.38. The van der Waals surface area contributed by atoms with E-state index in [9.17, 15) is 4.39 Å². The van der Waals surface area contributed by atoms with Crippen molar-refractivity contribution in [1.29, 1.82) is 0 Å². The van der Waals surface area contributed by atoms with Crippen molar-refractivity contribution in [2.75, 3.05) is 6.61 Å². The van der Waals surface area contributed by atoms with Crippen LogP contribution in [-0.2, 0) is 4.74 Å². The van der Waals surface area contributed by atoms with Crippen molar-refractivity contribution >= 4 is 0 Å². The standard InChI is InChI=1S/C14H20FNO/c15-12-8-6-11(7-9-12)14(16)5-1-3-13-4-2-10-17-13/h6-9,13-14H,1-5,10,16H2. The van der Waals surface area contributed by atoms with Crippen LogP contribution in [0.25, 0.3) is 0 Å². The molecule has 0 bridgehead atoms. The third-order valence-electron chi connectivity index (χ3n) is 3.36. The van der Waals surface area contributed by atoms with Gasteiger partial charge in [0.1, 0.15) is 5.82 Å². The molecule has 1 aromatic rings. The lowest BCUT2D eigenvalue weighted by Gasteiger charge is -2.13. The average Bonchev–Trinajstić information content (AvgIpc) is 2.83. The Kier molecular flexibility index (Phi) is 4.51. The van der Waals surface area contributed by atoms with Crippen LogP contribution in [0.1, 0.15) is 43.7 Å². The zero-order valence-electron chi connectivity index (χ0n) is 10.1. The van der Waals surface area contributed by atoms with Gasteiger partial charge in [0, 0.05) is 12.6 Å². The Bertz CT molecular complexity index is 333. The molecule has 2 unspecified atom stereocenters. The van der Waals surface area contributed by atoms with Gasteiger partial charge in [0.15, 0.2) is 0 Å². The van der Waals surface area contributed by atoms with Gasteiger partial charge in [0.25, 0.3) is 0 Å². The molecule has 1 aliphatic heterocycles. The maximum absolute atomic E-state index is 12.7. The maximum atomic E-state index is 12.7. The van der Waals surface area contributed by atoms with Crippen molar-refractivity contribution in [2.45, 2.75) is 44.2 Å². The Morgan fingerprint density at radius 1 is 1.35 bits per heavy atom. The summed E-state index contributed by atoms with van der Waals surface area (Å²) in [4.78, 5) is 0. The summed E-state index contributed by atoms with van der Waals surface area (Å²) in [6, 6.07) is 6.49. The third kappa shape index (κ3) is 3.79. The van der Waals surface area contributed by atoms with Gasteiger partial charge in [-0.3, -0.25) is 0 Å². The lowest BCUT2D eigenvalue weighted by atomic mass is 10.00. The number of nitrogens with two attached hydrogens (primary N) is 1. The van der Waals surface area contributed by atoms with Crippen LogP contribution in [-0.4, -0.2) is 12.7 Å². The number of ether oxygens (including phenoxy) is 1. The topological polar surface area (TPSA) is 35.2 Å². The molecule has 1 aromatic carbocycles. The molecule has 1 fully saturated rings. The molecule has 2 nitrogen and oxygen atoms in total. The predicted octanol–water partition coefficient (Wildman–Crippen LogP) is 3.17. The van der Waals surface area contributed by atoms with E-state index in [2.05, 4.69) is 0 Å². The summed E-state index contributed by atoms with van der Waals surface area (Å²) >= 11 is 0. The van der Waals surface area contributed by atoms with Crippen LogP contribution in [0.2, 0.25) is 0 Å². The van der Waals surface area contributed by atoms with Crippen LogP contribution in [0.4, 0.5) is 4.39 Å². The molecule has 0 amide bonds. The number of benzene rings is 1. The van der Waals surface area contributed by atoms with Gasteiger partial charge >= 0.3 is 0 Å². The van der Waals surface area contributed by atoms with E-state index in [0.29, 0.717) is 6.10 Å². The van der Waals surface area contributed by atoms with E-state index < -0.39 is 0 Å². The number of rotatable bonds is 5. The molecule has 0 spiro atoms. The summed E-state index contributed by atoms with van der Waals surface area (Å²) in [6.07, 6.45) is 5.92. The molecular weight excluding hydrogens is 217 g/mol. The summed E-state index contributed by atoms with van der Waals surface area (Å²) in [5, 5.41) is 0. The van der Waals surface area contributed by atoms with Gasteiger partial charge in [0.05, 0.1) is 6.10 Å². The molecule has 2 rings (SSSR count). The highest BCUT2D eigenvalue weighted by Gasteiger charge is 2.15. The van der Waals surface area contributed by atoms with Gasteiger partial charge in [-0.25, -0.2) is 4.39 Å². The second-order valence-corrected chi connectivity index (χ2v) is 4.72. The van der Waals surface area contributed by atoms with Crippen LogP contribution in [0.5, 0.6) is 0 Å². The van der Waals surface area contributed by atoms with E-state index in [-0.39, 0.29) is 11.9 Å². The molecule has 0 radical (unpaired) electrons. The van der Waals surface area contributed by atoms with Gasteiger partial charge in [-0.05, 0) is 49.8 Å². The Hall–Kier alpha value is -0.930. The number of hydrogen-bond donors (Lipinski definition) is 1. The van der Waals surface area contributed by atoms with Gasteiger partial charge in [-0.15, -0.1) is 0 Å². The molecule has 0 saturated carbocycles. The van der Waals surface area contributed by atoms with Crippen LogP contribution >= 0.6 is 0 Å². The third-order valence-corrected chi connectivity index (χ3v) is 3.36. The monoisotopic (exact) mass is 237 g/mol. The molecule has 17 heavy (non-hydrogen) atoms. The minimum Gasteiger partial charge on any atom is -0.378 e. The average molecular weight is 237 g/mol. The fraction of sp³-hybridized carbons (Fsp3) is 0.571. The summed E-state index contributed by atoms with van der Waals surface area (Å²) in [5.74, 6) is -0.208. The minimum absolute atomic E-state index is 0.0111. The number of hydrogen-bond acceptors (Lipinski definition) is 2. The van der Waals surface area contributed by atoms with E-state index >= 15 is 0 Å². The molecule has 0 aromatic heterocycles. The fourth-order valence-electron chi connectivity index (χ4n) is 2.31. The second kappa shape index (κ2) is 6.12. The second-order valence-electron chi connectivity index (χ2n) is 4.72. The molecule has 1 heterocycles. The molecule has 2 atom stereocenters. The molecule has 1 aliphatic rings. The van der Waals surface area contributed by atoms with Crippen molar-refractivity contribution in [3.63, 3.8) is 0 Å². The summed E-state index contributed by atoms with van der Waals surface area (Å²) in [5.41, 5.74) is 7.08. The van der Waals surface area contributed by atoms with Crippen molar-refractivity contribution in [3.05, 3.63) is 35.6 Å². The highest BCUT2D eigenvalue weighted by molar-refractivity contribution is 5.19. The van der Waals surface area contributed by atoms with E-state index in [1.54, 1.807) is 12.1 Å². The zero-order chi connectivity index (χ0) is 12.1. The molecule has 2 N–H and O–H groups in total. The predicted molar refractivity (Wildman–Crippen MR) is 66.2 cm³/mol. The van der Waals surface area contributed by atoms with Crippen LogP contribution in [0.15, 0.2) is 24.3 Å². The van der Waals surface area contributed by atoms with Gasteiger partial charge in [-0.2, -0.15) is 0 Å². The smallest absolute Gasteiger partial charge is 0.123 e. The molecule has 94 valence electrons. The van der Waals surface area contributed by atoms with Crippen molar-refractivity contribution in [2.24, 2.45) is 5.73 Å². The lowest BCUT2D eigenvalue weighted by molar-refractivity contribution is 0.101. The van der Waals surface area contributed by atoms with Crippen LogP contribution < -0.4 is 5.73 Å². The van der Waals surface area contributed by atoms with Gasteiger partial charge in [-0.1, -0.05) is 12.1 Å². The first-order valence-corrected chi connectivity index (χ1v) is 6.38. The van der Waals surface area contributed by atoms with Crippen molar-refractivity contribution in [3.8, 4) is 0 Å². The van der Waals surface area contributed by atoms with Crippen molar-refractivity contribution in [1.82, 2.24) is 0 Å². The normalized spacial score (nSPS) is 21.6. The van der Waals surface area contributed by atoms with E-state index in [0.717, 1.165) is 31.4 Å². The Labute approximate surface area is 102 Å². The molecule has 1 saturated heterocycles. The lowest BCUT2D eigenvalue weighted by Crippen LogP contribution is -2.12. The summed E-state index contributed by atoms with van der Waals surface area (Å²) in [6.45, 7) is 0.911. The zero-order valence-corrected chi connectivity index (χ0v) is 10.1.